The average Bonchev–Trinajstić information content (AvgIpc) is 3.16. The van der Waals surface area contributed by atoms with E-state index in [1.807, 2.05) is 24.4 Å². The maximum atomic E-state index is 6.14. The van der Waals surface area contributed by atoms with E-state index in [-0.39, 0.29) is 5.95 Å². The van der Waals surface area contributed by atoms with Crippen LogP contribution in [0.3, 0.4) is 0 Å². The number of pyridine rings is 1. The number of fused-ring (bicyclic) bond motifs is 2. The van der Waals surface area contributed by atoms with Crippen LogP contribution >= 0.6 is 23.5 Å². The molecule has 0 aliphatic heterocycles. The third-order valence-electron chi connectivity index (χ3n) is 4.78. The first-order valence-electron chi connectivity index (χ1n) is 9.13. The van der Waals surface area contributed by atoms with Crippen LogP contribution in [0.4, 0.5) is 5.95 Å². The Morgan fingerprint density at radius 1 is 1.07 bits per heavy atom. The van der Waals surface area contributed by atoms with Crippen molar-refractivity contribution in [1.82, 2.24) is 18.9 Å². The molecule has 0 aliphatic rings. The predicted octanol–water partition coefficient (Wildman–Crippen LogP) is 5.45. The molecule has 0 spiro atoms. The minimum atomic E-state index is 0.275. The molecule has 0 saturated carbocycles. The number of anilines is 1. The van der Waals surface area contributed by atoms with Gasteiger partial charge in [0.2, 0.25) is 11.8 Å². The van der Waals surface area contributed by atoms with Gasteiger partial charge in [0.05, 0.1) is 28.1 Å². The molecule has 0 unspecified atom stereocenters. The molecule has 0 atom stereocenters. The normalized spacial score (nSPS) is 11.3. The summed E-state index contributed by atoms with van der Waals surface area (Å²) in [4.78, 5) is 13.5. The first-order chi connectivity index (χ1) is 14.6. The van der Waals surface area contributed by atoms with E-state index in [0.717, 1.165) is 37.8 Å². The zero-order chi connectivity index (χ0) is 20.7. The Balaban J connectivity index is 1.59. The van der Waals surface area contributed by atoms with E-state index in [1.165, 1.54) is 11.9 Å². The number of hydrogen-bond donors (Lipinski definition) is 1. The number of benzene rings is 2. The van der Waals surface area contributed by atoms with Crippen LogP contribution in [0.5, 0.6) is 5.88 Å². The summed E-state index contributed by atoms with van der Waals surface area (Å²) in [5.74, 6) is 0.814. The van der Waals surface area contributed by atoms with Crippen molar-refractivity contribution in [3.63, 3.8) is 0 Å². The number of hydrogen-bond acceptors (Lipinski definition) is 6. The number of nitrogens with two attached hydrogens (primary N) is 1. The van der Waals surface area contributed by atoms with Crippen molar-refractivity contribution in [3.8, 4) is 17.0 Å². The lowest BCUT2D eigenvalue weighted by Crippen LogP contribution is -1.94. The Kier molecular flexibility index (Phi) is 4.69. The molecule has 3 heterocycles. The SMILES string of the molecule is COc1ncc(Cl)cc1Sn1ccc2c(-c3ccc4nc(N)ncc4c3)cccc21. The van der Waals surface area contributed by atoms with Crippen LogP contribution in [0.15, 0.2) is 72.0 Å². The van der Waals surface area contributed by atoms with Gasteiger partial charge in [0.25, 0.3) is 0 Å². The van der Waals surface area contributed by atoms with E-state index >= 15 is 0 Å². The van der Waals surface area contributed by atoms with Crippen molar-refractivity contribution in [3.05, 3.63) is 72.1 Å². The van der Waals surface area contributed by atoms with E-state index < -0.39 is 0 Å². The highest BCUT2D eigenvalue weighted by atomic mass is 35.5. The van der Waals surface area contributed by atoms with Gasteiger partial charge >= 0.3 is 0 Å². The Hall–Kier alpha value is -3.29. The second-order valence-corrected chi connectivity index (χ2v) is 8.09. The maximum Gasteiger partial charge on any atom is 0.228 e. The predicted molar refractivity (Wildman–Crippen MR) is 122 cm³/mol. The quantitative estimate of drug-likeness (QED) is 0.406. The number of methoxy groups -OCH3 is 1. The summed E-state index contributed by atoms with van der Waals surface area (Å²) in [7, 11) is 1.60. The molecular weight excluding hydrogens is 418 g/mol. The van der Waals surface area contributed by atoms with E-state index in [2.05, 4.69) is 49.3 Å². The molecule has 2 aromatic carbocycles. The monoisotopic (exact) mass is 433 g/mol. The lowest BCUT2D eigenvalue weighted by molar-refractivity contribution is 0.387. The zero-order valence-corrected chi connectivity index (χ0v) is 17.5. The summed E-state index contributed by atoms with van der Waals surface area (Å²) in [6.45, 7) is 0. The highest BCUT2D eigenvalue weighted by Crippen LogP contribution is 2.36. The van der Waals surface area contributed by atoms with Crippen molar-refractivity contribution in [2.45, 2.75) is 4.90 Å². The van der Waals surface area contributed by atoms with Gasteiger partial charge in [-0.25, -0.2) is 15.0 Å². The summed E-state index contributed by atoms with van der Waals surface area (Å²) < 4.78 is 7.46. The van der Waals surface area contributed by atoms with Gasteiger partial charge in [-0.3, -0.25) is 3.97 Å². The number of aromatic nitrogens is 4. The van der Waals surface area contributed by atoms with Gasteiger partial charge in [-0.15, -0.1) is 0 Å². The van der Waals surface area contributed by atoms with Gasteiger partial charge in [0.15, 0.2) is 0 Å². The summed E-state index contributed by atoms with van der Waals surface area (Å²) in [6, 6.07) is 16.3. The largest absolute Gasteiger partial charge is 0.480 e. The van der Waals surface area contributed by atoms with E-state index in [4.69, 9.17) is 22.1 Å². The first-order valence-corrected chi connectivity index (χ1v) is 10.3. The fourth-order valence-electron chi connectivity index (χ4n) is 3.42. The molecule has 6 nitrogen and oxygen atoms in total. The molecule has 148 valence electrons. The number of rotatable bonds is 4. The van der Waals surface area contributed by atoms with Crippen LogP contribution in [0, 0.1) is 0 Å². The number of halogens is 1. The Morgan fingerprint density at radius 3 is 2.83 bits per heavy atom. The van der Waals surface area contributed by atoms with Gasteiger partial charge in [0.1, 0.15) is 0 Å². The van der Waals surface area contributed by atoms with Gasteiger partial charge in [-0.1, -0.05) is 29.8 Å². The van der Waals surface area contributed by atoms with Crippen molar-refractivity contribution in [2.75, 3.05) is 12.8 Å². The molecule has 0 bridgehead atoms. The average molecular weight is 434 g/mol. The van der Waals surface area contributed by atoms with E-state index in [0.29, 0.717) is 10.9 Å². The van der Waals surface area contributed by atoms with Crippen molar-refractivity contribution >= 4 is 51.3 Å². The topological polar surface area (TPSA) is 78.8 Å². The smallest absolute Gasteiger partial charge is 0.228 e. The van der Waals surface area contributed by atoms with Crippen LogP contribution < -0.4 is 10.5 Å². The van der Waals surface area contributed by atoms with Crippen LogP contribution in [0.2, 0.25) is 5.02 Å². The highest BCUT2D eigenvalue weighted by molar-refractivity contribution is 7.98. The Morgan fingerprint density at radius 2 is 1.97 bits per heavy atom. The molecule has 0 fully saturated rings. The van der Waals surface area contributed by atoms with Gasteiger partial charge < -0.3 is 10.5 Å². The Bertz CT molecular complexity index is 1400. The molecule has 2 N–H and O–H groups in total. The van der Waals surface area contributed by atoms with E-state index in [9.17, 15) is 0 Å². The number of ether oxygens (including phenoxy) is 1. The molecule has 5 rings (SSSR count). The Labute approximate surface area is 181 Å². The fraction of sp³-hybridized carbons (Fsp3) is 0.0455. The maximum absolute atomic E-state index is 6.14. The second kappa shape index (κ2) is 7.51. The molecule has 0 aliphatic carbocycles. The molecule has 0 saturated heterocycles. The summed E-state index contributed by atoms with van der Waals surface area (Å²) in [6.07, 6.45) is 5.36. The number of nitrogens with zero attached hydrogens (tertiary/aromatic N) is 4. The van der Waals surface area contributed by atoms with Crippen LogP contribution in [-0.2, 0) is 0 Å². The summed E-state index contributed by atoms with van der Waals surface area (Å²) in [5.41, 5.74) is 9.81. The third-order valence-corrected chi connectivity index (χ3v) is 5.99. The first kappa shape index (κ1) is 18.7. The van der Waals surface area contributed by atoms with Gasteiger partial charge in [-0.05, 0) is 53.4 Å². The van der Waals surface area contributed by atoms with Crippen LogP contribution in [0.1, 0.15) is 0 Å². The lowest BCUT2D eigenvalue weighted by Gasteiger charge is -2.10. The standard InChI is InChI=1S/C22H16ClN5OS/c1-29-21-20(10-15(23)12-25-21)30-28-8-7-17-16(3-2-4-19(17)28)13-5-6-18-14(9-13)11-26-22(24)27-18/h2-12H,1H3,(H2,24,26,27). The number of nitrogen functional groups attached to an aromatic ring is 1. The lowest BCUT2D eigenvalue weighted by atomic mass is 10.0. The molecule has 0 amide bonds. The zero-order valence-electron chi connectivity index (χ0n) is 15.9. The van der Waals surface area contributed by atoms with Crippen molar-refractivity contribution < 1.29 is 4.74 Å². The summed E-state index contributed by atoms with van der Waals surface area (Å²) in [5, 5.41) is 2.64. The van der Waals surface area contributed by atoms with Crippen molar-refractivity contribution in [1.29, 1.82) is 0 Å². The minimum absolute atomic E-state index is 0.275. The van der Waals surface area contributed by atoms with E-state index in [1.54, 1.807) is 19.5 Å². The minimum Gasteiger partial charge on any atom is -0.480 e. The molecule has 8 heteroatoms. The van der Waals surface area contributed by atoms with Gasteiger partial charge in [-0.2, -0.15) is 0 Å². The molecule has 0 radical (unpaired) electrons. The highest BCUT2D eigenvalue weighted by Gasteiger charge is 2.12. The second-order valence-electron chi connectivity index (χ2n) is 6.63. The summed E-state index contributed by atoms with van der Waals surface area (Å²) >= 11 is 7.64. The van der Waals surface area contributed by atoms with Gasteiger partial charge in [0, 0.05) is 29.4 Å². The van der Waals surface area contributed by atoms with Crippen molar-refractivity contribution in [2.24, 2.45) is 0 Å². The third kappa shape index (κ3) is 3.32. The van der Waals surface area contributed by atoms with Crippen LogP contribution in [0.25, 0.3) is 32.9 Å². The molecule has 5 aromatic rings. The molecular formula is C22H16ClN5OS. The fourth-order valence-corrected chi connectivity index (χ4v) is 4.63. The molecule has 3 aromatic heterocycles. The van der Waals surface area contributed by atoms with Crippen LogP contribution in [-0.4, -0.2) is 26.0 Å². The molecule has 30 heavy (non-hydrogen) atoms.